The summed E-state index contributed by atoms with van der Waals surface area (Å²) >= 11 is 5.89. The van der Waals surface area contributed by atoms with Gasteiger partial charge in [-0.1, -0.05) is 17.7 Å². The van der Waals surface area contributed by atoms with E-state index in [0.717, 1.165) is 12.1 Å². The molecule has 3 rings (SSSR count). The highest BCUT2D eigenvalue weighted by Crippen LogP contribution is 2.26. The van der Waals surface area contributed by atoms with Crippen molar-refractivity contribution in [1.82, 2.24) is 4.98 Å². The van der Waals surface area contributed by atoms with Gasteiger partial charge in [-0.3, -0.25) is 4.79 Å². The van der Waals surface area contributed by atoms with E-state index in [1.54, 1.807) is 18.2 Å². The van der Waals surface area contributed by atoms with Crippen molar-refractivity contribution < 1.29 is 13.6 Å². The van der Waals surface area contributed by atoms with Crippen molar-refractivity contribution in [2.75, 3.05) is 0 Å². The molecule has 0 radical (unpaired) electrons. The molecular weight excluding hydrogens is 284 g/mol. The molecule has 20 heavy (non-hydrogen) atoms. The summed E-state index contributed by atoms with van der Waals surface area (Å²) in [6.45, 7) is 0. The number of hydrogen-bond acceptors (Lipinski definition) is 1. The molecule has 1 heterocycles. The predicted octanol–water partition coefficient (Wildman–Crippen LogP) is 4.33. The van der Waals surface area contributed by atoms with E-state index in [1.807, 2.05) is 0 Å². The average molecular weight is 292 g/mol. The zero-order valence-electron chi connectivity index (χ0n) is 10.1. The second-order valence-corrected chi connectivity index (χ2v) is 4.75. The van der Waals surface area contributed by atoms with Gasteiger partial charge in [0.05, 0.1) is 5.56 Å². The fraction of sp³-hybridized carbons (Fsp3) is 0. The van der Waals surface area contributed by atoms with Crippen LogP contribution in [-0.4, -0.2) is 10.8 Å². The van der Waals surface area contributed by atoms with Crippen LogP contribution < -0.4 is 0 Å². The molecule has 5 heteroatoms. The van der Waals surface area contributed by atoms with Crippen LogP contribution in [0.1, 0.15) is 15.9 Å². The van der Waals surface area contributed by atoms with Gasteiger partial charge in [0.2, 0.25) is 5.78 Å². The molecule has 2 aromatic carbocycles. The third-order valence-corrected chi connectivity index (χ3v) is 3.31. The van der Waals surface area contributed by atoms with Crippen LogP contribution >= 0.6 is 11.6 Å². The van der Waals surface area contributed by atoms with Crippen LogP contribution in [0.2, 0.25) is 5.02 Å². The minimum Gasteiger partial charge on any atom is -0.360 e. The van der Waals surface area contributed by atoms with Crippen molar-refractivity contribution in [2.24, 2.45) is 0 Å². The number of rotatable bonds is 2. The Morgan fingerprint density at radius 1 is 1.10 bits per heavy atom. The molecule has 0 aliphatic carbocycles. The summed E-state index contributed by atoms with van der Waals surface area (Å²) < 4.78 is 27.4. The van der Waals surface area contributed by atoms with Gasteiger partial charge in [-0.25, -0.2) is 8.78 Å². The Labute approximate surface area is 118 Å². The predicted molar refractivity (Wildman–Crippen MR) is 73.1 cm³/mol. The monoisotopic (exact) mass is 291 g/mol. The van der Waals surface area contributed by atoms with Gasteiger partial charge >= 0.3 is 0 Å². The van der Waals surface area contributed by atoms with E-state index < -0.39 is 23.0 Å². The summed E-state index contributed by atoms with van der Waals surface area (Å²) in [6, 6.07) is 8.27. The second kappa shape index (κ2) is 4.72. The molecule has 0 aliphatic heterocycles. The maximum absolute atomic E-state index is 13.7. The first-order valence-corrected chi connectivity index (χ1v) is 6.21. The molecule has 0 bridgehead atoms. The Hall–Kier alpha value is -2.20. The van der Waals surface area contributed by atoms with E-state index in [9.17, 15) is 13.6 Å². The summed E-state index contributed by atoms with van der Waals surface area (Å²) in [5, 5.41) is 0.977. The average Bonchev–Trinajstić information content (AvgIpc) is 2.81. The number of ketones is 1. The molecule has 0 saturated carbocycles. The zero-order valence-corrected chi connectivity index (χ0v) is 10.8. The lowest BCUT2D eigenvalue weighted by Crippen LogP contribution is -2.06. The standard InChI is InChI=1S/C15H8ClF2NO/c16-8-4-5-13-9(6-8)10(7-19-13)15(20)14-11(17)2-1-3-12(14)18/h1-7,19H. The number of benzene rings is 2. The van der Waals surface area contributed by atoms with Crippen LogP contribution in [0.25, 0.3) is 10.9 Å². The molecule has 1 N–H and O–H groups in total. The lowest BCUT2D eigenvalue weighted by molar-refractivity contribution is 0.103. The highest BCUT2D eigenvalue weighted by Gasteiger charge is 2.21. The van der Waals surface area contributed by atoms with Crippen LogP contribution in [0.4, 0.5) is 8.78 Å². The first kappa shape index (κ1) is 12.8. The maximum atomic E-state index is 13.7. The first-order valence-electron chi connectivity index (χ1n) is 5.83. The molecule has 2 nitrogen and oxygen atoms in total. The normalized spacial score (nSPS) is 10.9. The Morgan fingerprint density at radius 3 is 2.50 bits per heavy atom. The van der Waals surface area contributed by atoms with E-state index in [1.165, 1.54) is 12.3 Å². The van der Waals surface area contributed by atoms with E-state index in [0.29, 0.717) is 15.9 Å². The number of H-pyrrole nitrogens is 1. The largest absolute Gasteiger partial charge is 0.360 e. The van der Waals surface area contributed by atoms with E-state index >= 15 is 0 Å². The van der Waals surface area contributed by atoms with Crippen molar-refractivity contribution in [2.45, 2.75) is 0 Å². The van der Waals surface area contributed by atoms with Crippen LogP contribution in [0.3, 0.4) is 0 Å². The third kappa shape index (κ3) is 1.98. The van der Waals surface area contributed by atoms with E-state index in [2.05, 4.69) is 4.98 Å². The van der Waals surface area contributed by atoms with Gasteiger partial charge in [0.15, 0.2) is 0 Å². The molecule has 0 spiro atoms. The molecule has 0 atom stereocenters. The Kier molecular flexibility index (Phi) is 3.03. The van der Waals surface area contributed by atoms with Gasteiger partial charge in [0, 0.05) is 27.7 Å². The van der Waals surface area contributed by atoms with Crippen LogP contribution in [-0.2, 0) is 0 Å². The van der Waals surface area contributed by atoms with Gasteiger partial charge in [0.1, 0.15) is 11.6 Å². The maximum Gasteiger partial charge on any atom is 0.201 e. The fourth-order valence-electron chi connectivity index (χ4n) is 2.13. The van der Waals surface area contributed by atoms with Crippen LogP contribution in [0.5, 0.6) is 0 Å². The Morgan fingerprint density at radius 2 is 1.80 bits per heavy atom. The molecule has 0 amide bonds. The molecule has 100 valence electrons. The summed E-state index contributed by atoms with van der Waals surface area (Å²) in [6.07, 6.45) is 1.43. The van der Waals surface area contributed by atoms with Crippen molar-refractivity contribution in [3.8, 4) is 0 Å². The van der Waals surface area contributed by atoms with Gasteiger partial charge in [0.25, 0.3) is 0 Å². The number of halogens is 3. The lowest BCUT2D eigenvalue weighted by atomic mass is 10.0. The molecule has 1 aromatic heterocycles. The molecule has 3 aromatic rings. The number of hydrogen-bond donors (Lipinski definition) is 1. The van der Waals surface area contributed by atoms with Gasteiger partial charge < -0.3 is 4.98 Å². The minimum absolute atomic E-state index is 0.187. The lowest BCUT2D eigenvalue weighted by Gasteiger charge is -2.03. The smallest absolute Gasteiger partial charge is 0.201 e. The Balaban J connectivity index is 2.21. The molecule has 0 fully saturated rings. The van der Waals surface area contributed by atoms with Crippen LogP contribution in [0, 0.1) is 11.6 Å². The Bertz CT molecular complexity index is 806. The SMILES string of the molecule is O=C(c1c(F)cccc1F)c1c[nH]c2ccc(Cl)cc12. The molecule has 0 unspecified atom stereocenters. The molecular formula is C15H8ClF2NO. The number of carbonyl (C=O) groups excluding carboxylic acids is 1. The topological polar surface area (TPSA) is 32.9 Å². The summed E-state index contributed by atoms with van der Waals surface area (Å²) in [5.41, 5.74) is 0.300. The van der Waals surface area contributed by atoms with Crippen LogP contribution in [0.15, 0.2) is 42.6 Å². The second-order valence-electron chi connectivity index (χ2n) is 4.32. The summed E-state index contributed by atoms with van der Waals surface area (Å²) in [4.78, 5) is 15.2. The van der Waals surface area contributed by atoms with Crippen molar-refractivity contribution >= 4 is 28.3 Å². The number of aromatic amines is 1. The quantitative estimate of drug-likeness (QED) is 0.700. The van der Waals surface area contributed by atoms with Gasteiger partial charge in [-0.05, 0) is 30.3 Å². The first-order chi connectivity index (χ1) is 9.58. The third-order valence-electron chi connectivity index (χ3n) is 3.08. The zero-order chi connectivity index (χ0) is 14.3. The summed E-state index contributed by atoms with van der Waals surface area (Å²) in [7, 11) is 0. The number of aromatic nitrogens is 1. The number of nitrogens with one attached hydrogen (secondary N) is 1. The van der Waals surface area contributed by atoms with Crippen molar-refractivity contribution in [3.05, 3.63) is 70.4 Å². The number of fused-ring (bicyclic) bond motifs is 1. The van der Waals surface area contributed by atoms with E-state index in [-0.39, 0.29) is 5.56 Å². The van der Waals surface area contributed by atoms with Gasteiger partial charge in [-0.15, -0.1) is 0 Å². The van der Waals surface area contributed by atoms with E-state index in [4.69, 9.17) is 11.6 Å². The molecule has 0 aliphatic rings. The van der Waals surface area contributed by atoms with Crippen molar-refractivity contribution in [1.29, 1.82) is 0 Å². The van der Waals surface area contributed by atoms with Crippen molar-refractivity contribution in [3.63, 3.8) is 0 Å². The number of carbonyl (C=O) groups is 1. The summed E-state index contributed by atoms with van der Waals surface area (Å²) in [5.74, 6) is -2.48. The fourth-order valence-corrected chi connectivity index (χ4v) is 2.30. The minimum atomic E-state index is -0.883. The molecule has 0 saturated heterocycles. The highest BCUT2D eigenvalue weighted by atomic mass is 35.5. The highest BCUT2D eigenvalue weighted by molar-refractivity contribution is 6.31. The van der Waals surface area contributed by atoms with Gasteiger partial charge in [-0.2, -0.15) is 0 Å².